The molecule has 146 valence electrons. The summed E-state index contributed by atoms with van der Waals surface area (Å²) in [4.78, 5) is 13.0. The van der Waals surface area contributed by atoms with E-state index in [2.05, 4.69) is 0 Å². The minimum Gasteiger partial charge on any atom is -0.490 e. The molecule has 4 atom stereocenters. The van der Waals surface area contributed by atoms with Gasteiger partial charge in [0, 0.05) is 22.8 Å². The van der Waals surface area contributed by atoms with E-state index in [1.54, 1.807) is 6.92 Å². The van der Waals surface area contributed by atoms with E-state index in [4.69, 9.17) is 16.3 Å². The summed E-state index contributed by atoms with van der Waals surface area (Å²) in [6.45, 7) is 1.46. The van der Waals surface area contributed by atoms with Gasteiger partial charge in [-0.05, 0) is 42.3 Å². The van der Waals surface area contributed by atoms with Crippen molar-refractivity contribution in [2.75, 3.05) is 6.61 Å². The third-order valence-electron chi connectivity index (χ3n) is 6.51. The van der Waals surface area contributed by atoms with Crippen molar-refractivity contribution in [1.29, 1.82) is 0 Å². The Kier molecular flexibility index (Phi) is 3.57. The predicted octanol–water partition coefficient (Wildman–Crippen LogP) is 4.00. The zero-order chi connectivity index (χ0) is 20.0. The van der Waals surface area contributed by atoms with Crippen LogP contribution in [-0.2, 0) is 19.4 Å². The molecular weight excluding hydrogens is 410 g/mol. The second kappa shape index (κ2) is 5.54. The molecule has 0 aromatic heterocycles. The number of ketones is 1. The third kappa shape index (κ3) is 1.94. The first-order valence-electron chi connectivity index (χ1n) is 8.89. The van der Waals surface area contributed by atoms with Crippen molar-refractivity contribution >= 4 is 27.2 Å². The van der Waals surface area contributed by atoms with E-state index in [1.807, 2.05) is 0 Å². The van der Waals surface area contributed by atoms with E-state index < -0.39 is 44.0 Å². The van der Waals surface area contributed by atoms with Crippen LogP contribution in [0, 0.1) is 23.5 Å². The molecule has 0 amide bonds. The van der Waals surface area contributed by atoms with Gasteiger partial charge in [-0.3, -0.25) is 4.79 Å². The lowest BCUT2D eigenvalue weighted by Crippen LogP contribution is -2.59. The highest BCUT2D eigenvalue weighted by molar-refractivity contribution is 7.92. The molecule has 2 heterocycles. The molecule has 0 radical (unpaired) electrons. The van der Waals surface area contributed by atoms with Crippen molar-refractivity contribution in [1.82, 2.24) is 0 Å². The van der Waals surface area contributed by atoms with Gasteiger partial charge in [-0.25, -0.2) is 17.2 Å². The first-order chi connectivity index (χ1) is 13.2. The third-order valence-corrected chi connectivity index (χ3v) is 9.33. The highest BCUT2D eigenvalue weighted by Crippen LogP contribution is 2.63. The fraction of sp³-hybridized carbons (Fsp3) is 0.350. The lowest BCUT2D eigenvalue weighted by molar-refractivity contribution is -0.130. The van der Waals surface area contributed by atoms with Crippen LogP contribution in [0.5, 0.6) is 5.75 Å². The molecule has 2 bridgehead atoms. The van der Waals surface area contributed by atoms with Gasteiger partial charge in [0.15, 0.2) is 21.4 Å². The van der Waals surface area contributed by atoms with E-state index in [9.17, 15) is 22.0 Å². The Labute approximate surface area is 165 Å². The minimum absolute atomic E-state index is 0.0464. The molecule has 1 spiro atoms. The number of halogens is 3. The molecule has 0 saturated heterocycles. The van der Waals surface area contributed by atoms with Crippen molar-refractivity contribution in [2.45, 2.75) is 28.9 Å². The fourth-order valence-corrected chi connectivity index (χ4v) is 8.07. The summed E-state index contributed by atoms with van der Waals surface area (Å²) in [5.41, 5.74) is 0.0342. The highest BCUT2D eigenvalue weighted by Gasteiger charge is 2.67. The first kappa shape index (κ1) is 18.1. The van der Waals surface area contributed by atoms with Gasteiger partial charge in [0.1, 0.15) is 16.3 Å². The molecule has 2 aromatic rings. The van der Waals surface area contributed by atoms with Crippen LogP contribution in [0.4, 0.5) is 8.78 Å². The van der Waals surface area contributed by atoms with Crippen LogP contribution >= 0.6 is 11.6 Å². The lowest BCUT2D eigenvalue weighted by Gasteiger charge is -2.53. The zero-order valence-corrected chi connectivity index (χ0v) is 16.3. The van der Waals surface area contributed by atoms with Crippen molar-refractivity contribution in [2.24, 2.45) is 11.8 Å². The van der Waals surface area contributed by atoms with Crippen LogP contribution < -0.4 is 4.74 Å². The monoisotopic (exact) mass is 424 g/mol. The number of benzene rings is 2. The molecule has 2 aliphatic heterocycles. The average molecular weight is 425 g/mol. The molecular formula is C20H15ClF2O4S. The number of rotatable bonds is 0. The molecule has 28 heavy (non-hydrogen) atoms. The predicted molar refractivity (Wildman–Crippen MR) is 97.2 cm³/mol. The molecule has 0 N–H and O–H groups in total. The first-order valence-corrected chi connectivity index (χ1v) is 10.8. The van der Waals surface area contributed by atoms with Crippen LogP contribution in [0.2, 0.25) is 5.02 Å². The van der Waals surface area contributed by atoms with Gasteiger partial charge in [-0.15, -0.1) is 0 Å². The van der Waals surface area contributed by atoms with E-state index in [0.717, 1.165) is 12.1 Å². The maximum atomic E-state index is 15.0. The van der Waals surface area contributed by atoms with Crippen LogP contribution in [0.3, 0.4) is 0 Å². The van der Waals surface area contributed by atoms with Gasteiger partial charge < -0.3 is 4.74 Å². The Bertz CT molecular complexity index is 1160. The smallest absolute Gasteiger partial charge is 0.189 e. The Hall–Kier alpha value is -1.99. The Balaban J connectivity index is 1.93. The minimum atomic E-state index is -4.16. The van der Waals surface area contributed by atoms with Crippen molar-refractivity contribution in [3.63, 3.8) is 0 Å². The van der Waals surface area contributed by atoms with Crippen LogP contribution in [0.15, 0.2) is 35.2 Å². The summed E-state index contributed by atoms with van der Waals surface area (Å²) < 4.78 is 60.9. The van der Waals surface area contributed by atoms with Crippen molar-refractivity contribution in [3.05, 3.63) is 58.1 Å². The van der Waals surface area contributed by atoms with Gasteiger partial charge in [-0.2, -0.15) is 0 Å². The molecule has 1 fully saturated rings. The quantitative estimate of drug-likeness (QED) is 0.641. The Morgan fingerprint density at radius 1 is 1.18 bits per heavy atom. The molecule has 8 heteroatoms. The number of hydrogen-bond donors (Lipinski definition) is 0. The zero-order valence-electron chi connectivity index (χ0n) is 14.7. The Morgan fingerprint density at radius 2 is 1.89 bits per heavy atom. The van der Waals surface area contributed by atoms with Crippen LogP contribution in [0.25, 0.3) is 0 Å². The summed E-state index contributed by atoms with van der Waals surface area (Å²) in [6, 6.07) is 6.11. The number of hydrogen-bond acceptors (Lipinski definition) is 4. The molecule has 4 nitrogen and oxygen atoms in total. The van der Waals surface area contributed by atoms with Crippen molar-refractivity contribution in [3.8, 4) is 5.75 Å². The molecule has 0 unspecified atom stereocenters. The largest absolute Gasteiger partial charge is 0.490 e. The number of carbonyl (C=O) groups is 1. The molecule has 2 aromatic carbocycles. The van der Waals surface area contributed by atoms with E-state index in [0.29, 0.717) is 10.6 Å². The summed E-state index contributed by atoms with van der Waals surface area (Å²) in [5, 5.41) is 0.317. The average Bonchev–Trinajstić information content (AvgIpc) is 2.65. The van der Waals surface area contributed by atoms with Crippen LogP contribution in [-0.4, -0.2) is 20.8 Å². The van der Waals surface area contributed by atoms with Gasteiger partial charge in [0.05, 0.1) is 17.1 Å². The van der Waals surface area contributed by atoms with Gasteiger partial charge in [-0.1, -0.05) is 18.5 Å². The molecule has 5 rings (SSSR count). The molecule has 3 aliphatic rings. The van der Waals surface area contributed by atoms with Gasteiger partial charge >= 0.3 is 0 Å². The fourth-order valence-electron chi connectivity index (χ4n) is 5.22. The second-order valence-electron chi connectivity index (χ2n) is 7.67. The number of fused-ring (bicyclic) bond motifs is 4. The summed E-state index contributed by atoms with van der Waals surface area (Å²) in [5.74, 6) is -4.44. The standard InChI is InChI=1S/C20H15ClF2O4S/c1-9-13-8-27-19-15(23)4-3-14(22)17(19)20(13)7-12(18(9)24)11-6-10(21)2-5-16(11)28(20,25)26/h2-6,9,12-13H,7-8H2,1H3/t9-,12-,13-,20-/m0/s1. The highest BCUT2D eigenvalue weighted by atomic mass is 35.5. The molecule has 1 saturated carbocycles. The second-order valence-corrected chi connectivity index (χ2v) is 10.3. The topological polar surface area (TPSA) is 60.4 Å². The van der Waals surface area contributed by atoms with E-state index in [-0.39, 0.29) is 35.0 Å². The number of Topliss-reactive ketones (excluding diaryl/α,β-unsaturated/α-hetero) is 1. The van der Waals surface area contributed by atoms with Crippen LogP contribution in [0.1, 0.15) is 30.4 Å². The normalized spacial score (nSPS) is 32.0. The van der Waals surface area contributed by atoms with Gasteiger partial charge in [0.25, 0.3) is 0 Å². The number of sulfone groups is 1. The summed E-state index contributed by atoms with van der Waals surface area (Å²) in [7, 11) is -4.16. The molecule has 1 aliphatic carbocycles. The van der Waals surface area contributed by atoms with Gasteiger partial charge in [0.2, 0.25) is 0 Å². The Morgan fingerprint density at radius 3 is 2.64 bits per heavy atom. The number of carbonyl (C=O) groups excluding carboxylic acids is 1. The maximum absolute atomic E-state index is 15.0. The summed E-state index contributed by atoms with van der Waals surface area (Å²) >= 11 is 6.06. The SMILES string of the molecule is C[C@@H]1C(=O)[C@H]2C[C@]3(c4c(F)ccc(F)c4OC[C@@H]13)S(=O)(=O)c1ccc(Cl)cc12. The van der Waals surface area contributed by atoms with Crippen molar-refractivity contribution < 1.29 is 26.7 Å². The van der Waals surface area contributed by atoms with E-state index in [1.165, 1.54) is 18.2 Å². The maximum Gasteiger partial charge on any atom is 0.189 e. The number of ether oxygens (including phenoxy) is 1. The summed E-state index contributed by atoms with van der Waals surface area (Å²) in [6.07, 6.45) is -0.146. The lowest BCUT2D eigenvalue weighted by atomic mass is 9.62. The van der Waals surface area contributed by atoms with E-state index >= 15 is 0 Å².